The number of piperidine rings is 1. The van der Waals surface area contributed by atoms with Crippen LogP contribution >= 0.6 is 0 Å². The van der Waals surface area contributed by atoms with Crippen LogP contribution in [0, 0.1) is 0 Å². The van der Waals surface area contributed by atoms with E-state index in [2.05, 4.69) is 45.9 Å². The number of ether oxygens (including phenoxy) is 1. The van der Waals surface area contributed by atoms with Crippen molar-refractivity contribution in [3.8, 4) is 5.75 Å². The molecule has 32 heavy (non-hydrogen) atoms. The first kappa shape index (κ1) is 23.6. The van der Waals surface area contributed by atoms with Gasteiger partial charge in [-0.3, -0.25) is 9.69 Å². The number of carbonyl (C=O) groups is 1. The van der Waals surface area contributed by atoms with Crippen molar-refractivity contribution in [1.29, 1.82) is 0 Å². The molecule has 1 amide bonds. The lowest BCUT2D eigenvalue weighted by molar-refractivity contribution is -0.127. The summed E-state index contributed by atoms with van der Waals surface area (Å²) in [7, 11) is 5.18. The van der Waals surface area contributed by atoms with E-state index in [1.807, 2.05) is 24.3 Å². The van der Waals surface area contributed by atoms with E-state index < -0.39 is 0 Å². The van der Waals surface area contributed by atoms with Crippen molar-refractivity contribution in [1.82, 2.24) is 20.4 Å². The van der Waals surface area contributed by atoms with E-state index in [-0.39, 0.29) is 12.5 Å². The third kappa shape index (κ3) is 7.27. The Balaban J connectivity index is 1.58. The molecule has 172 valence electrons. The first-order chi connectivity index (χ1) is 15.5. The Morgan fingerprint density at radius 3 is 2.47 bits per heavy atom. The maximum Gasteiger partial charge on any atom is 0.241 e. The Labute approximate surface area is 191 Å². The molecule has 1 heterocycles. The predicted octanol–water partition coefficient (Wildman–Crippen LogP) is 2.48. The van der Waals surface area contributed by atoms with Gasteiger partial charge in [0.25, 0.3) is 0 Å². The third-order valence-corrected chi connectivity index (χ3v) is 5.68. The van der Waals surface area contributed by atoms with Gasteiger partial charge in [0.2, 0.25) is 5.91 Å². The highest BCUT2D eigenvalue weighted by atomic mass is 16.5. The summed E-state index contributed by atoms with van der Waals surface area (Å²) >= 11 is 0. The van der Waals surface area contributed by atoms with E-state index in [4.69, 9.17) is 9.73 Å². The zero-order chi connectivity index (χ0) is 22.8. The first-order valence-corrected chi connectivity index (χ1v) is 11.2. The van der Waals surface area contributed by atoms with Crippen molar-refractivity contribution in [3.63, 3.8) is 0 Å². The number of benzene rings is 2. The lowest BCUT2D eigenvalue weighted by atomic mass is 10.0. The topological polar surface area (TPSA) is 69.2 Å². The second-order valence-corrected chi connectivity index (χ2v) is 8.30. The summed E-state index contributed by atoms with van der Waals surface area (Å²) in [5.41, 5.74) is 2.36. The van der Waals surface area contributed by atoms with Gasteiger partial charge in [0.1, 0.15) is 5.75 Å². The number of nitrogens with one attached hydrogen (secondary N) is 2. The van der Waals surface area contributed by atoms with Gasteiger partial charge in [0.05, 0.1) is 20.2 Å². The SMILES string of the molecule is COc1ccccc1CN=C(NCC(=O)N(C)C)NC1CCN(Cc2ccccc2)CC1. The molecule has 0 unspecified atom stereocenters. The highest BCUT2D eigenvalue weighted by molar-refractivity contribution is 5.86. The van der Waals surface area contributed by atoms with Crippen LogP contribution in [0.3, 0.4) is 0 Å². The summed E-state index contributed by atoms with van der Waals surface area (Å²) in [5, 5.41) is 6.74. The number of likely N-dealkylation sites (tertiary alicyclic amines) is 1. The number of amides is 1. The molecule has 7 nitrogen and oxygen atoms in total. The molecule has 3 rings (SSSR count). The molecule has 0 bridgehead atoms. The van der Waals surface area contributed by atoms with E-state index >= 15 is 0 Å². The maximum absolute atomic E-state index is 12.1. The van der Waals surface area contributed by atoms with E-state index in [0.717, 1.165) is 43.8 Å². The minimum atomic E-state index is 0.00877. The second kappa shape index (κ2) is 12.1. The van der Waals surface area contributed by atoms with Crippen LogP contribution in [0.2, 0.25) is 0 Å². The van der Waals surface area contributed by atoms with Crippen LogP contribution in [0.15, 0.2) is 59.6 Å². The number of carbonyl (C=O) groups excluding carboxylic acids is 1. The summed E-state index contributed by atoms with van der Waals surface area (Å²) in [6, 6.07) is 18.8. The van der Waals surface area contributed by atoms with Gasteiger partial charge in [-0.05, 0) is 24.5 Å². The van der Waals surface area contributed by atoms with Crippen molar-refractivity contribution in [3.05, 3.63) is 65.7 Å². The Morgan fingerprint density at radius 2 is 1.78 bits per heavy atom. The summed E-state index contributed by atoms with van der Waals surface area (Å²) in [6.07, 6.45) is 2.06. The van der Waals surface area contributed by atoms with Gasteiger partial charge in [0.15, 0.2) is 5.96 Å². The summed E-state index contributed by atoms with van der Waals surface area (Å²) in [6.45, 7) is 3.73. The fraction of sp³-hybridized carbons (Fsp3) is 0.440. The van der Waals surface area contributed by atoms with Crippen molar-refractivity contribution in [2.24, 2.45) is 4.99 Å². The van der Waals surface area contributed by atoms with Crippen LogP contribution in [0.5, 0.6) is 5.75 Å². The van der Waals surface area contributed by atoms with E-state index in [1.165, 1.54) is 5.56 Å². The first-order valence-electron chi connectivity index (χ1n) is 11.2. The number of likely N-dealkylation sites (N-methyl/N-ethyl adjacent to an activating group) is 1. The molecular weight excluding hydrogens is 402 g/mol. The number of para-hydroxylation sites is 1. The lowest BCUT2D eigenvalue weighted by Crippen LogP contribution is -2.50. The summed E-state index contributed by atoms with van der Waals surface area (Å²) in [5.74, 6) is 1.48. The van der Waals surface area contributed by atoms with Crippen LogP contribution in [-0.2, 0) is 17.9 Å². The van der Waals surface area contributed by atoms with Crippen LogP contribution in [0.1, 0.15) is 24.0 Å². The van der Waals surface area contributed by atoms with Crippen LogP contribution < -0.4 is 15.4 Å². The van der Waals surface area contributed by atoms with Crippen LogP contribution in [0.4, 0.5) is 0 Å². The van der Waals surface area contributed by atoms with Gasteiger partial charge < -0.3 is 20.3 Å². The van der Waals surface area contributed by atoms with Gasteiger partial charge in [-0.1, -0.05) is 48.5 Å². The van der Waals surface area contributed by atoms with Gasteiger partial charge >= 0.3 is 0 Å². The molecule has 0 saturated carbocycles. The van der Waals surface area contributed by atoms with Crippen molar-refractivity contribution in [2.75, 3.05) is 40.8 Å². The average Bonchev–Trinajstić information content (AvgIpc) is 2.82. The number of guanidine groups is 1. The average molecular weight is 438 g/mol. The smallest absolute Gasteiger partial charge is 0.241 e. The maximum atomic E-state index is 12.1. The zero-order valence-electron chi connectivity index (χ0n) is 19.4. The fourth-order valence-corrected chi connectivity index (χ4v) is 3.74. The second-order valence-electron chi connectivity index (χ2n) is 8.30. The molecule has 7 heteroatoms. The van der Waals surface area contributed by atoms with Crippen molar-refractivity contribution < 1.29 is 9.53 Å². The van der Waals surface area contributed by atoms with Crippen molar-refractivity contribution >= 4 is 11.9 Å². The molecule has 0 aliphatic carbocycles. The Hall–Kier alpha value is -3.06. The molecular formula is C25H35N5O2. The standard InChI is InChI=1S/C25H35N5O2/c1-29(2)24(31)18-27-25(26-17-21-11-7-8-12-23(21)32-3)28-22-13-15-30(16-14-22)19-20-9-5-4-6-10-20/h4-12,22H,13-19H2,1-3H3,(H2,26,27,28). The molecule has 1 aliphatic heterocycles. The Kier molecular flexibility index (Phi) is 8.92. The van der Waals surface area contributed by atoms with Crippen LogP contribution in [0.25, 0.3) is 0 Å². The predicted molar refractivity (Wildman–Crippen MR) is 129 cm³/mol. The molecule has 2 N–H and O–H groups in total. The van der Waals surface area contributed by atoms with Gasteiger partial charge in [-0.15, -0.1) is 0 Å². The third-order valence-electron chi connectivity index (χ3n) is 5.68. The van der Waals surface area contributed by atoms with E-state index in [9.17, 15) is 4.79 Å². The molecule has 0 spiro atoms. The number of hydrogen-bond acceptors (Lipinski definition) is 4. The van der Waals surface area contributed by atoms with E-state index in [1.54, 1.807) is 26.1 Å². The zero-order valence-corrected chi connectivity index (χ0v) is 19.4. The molecule has 1 fully saturated rings. The Morgan fingerprint density at radius 1 is 1.09 bits per heavy atom. The number of aliphatic imine (C=N–C) groups is 1. The molecule has 0 atom stereocenters. The fourth-order valence-electron chi connectivity index (χ4n) is 3.74. The number of hydrogen-bond donors (Lipinski definition) is 2. The highest BCUT2D eigenvalue weighted by Gasteiger charge is 2.20. The van der Waals surface area contributed by atoms with Crippen LogP contribution in [-0.4, -0.2) is 68.5 Å². The van der Waals surface area contributed by atoms with Crippen molar-refractivity contribution in [2.45, 2.75) is 32.0 Å². The molecule has 1 aliphatic rings. The van der Waals surface area contributed by atoms with Gasteiger partial charge in [-0.25, -0.2) is 4.99 Å². The number of methoxy groups -OCH3 is 1. The molecule has 2 aromatic carbocycles. The highest BCUT2D eigenvalue weighted by Crippen LogP contribution is 2.18. The monoisotopic (exact) mass is 437 g/mol. The Bertz CT molecular complexity index is 877. The lowest BCUT2D eigenvalue weighted by Gasteiger charge is -2.33. The molecule has 0 aromatic heterocycles. The number of nitrogens with zero attached hydrogens (tertiary/aromatic N) is 3. The van der Waals surface area contributed by atoms with E-state index in [0.29, 0.717) is 18.5 Å². The number of rotatable bonds is 8. The molecule has 1 saturated heterocycles. The van der Waals surface area contributed by atoms with Gasteiger partial charge in [0, 0.05) is 45.3 Å². The largest absolute Gasteiger partial charge is 0.496 e. The molecule has 2 aromatic rings. The minimum absolute atomic E-state index is 0.00877. The summed E-state index contributed by atoms with van der Waals surface area (Å²) < 4.78 is 5.44. The minimum Gasteiger partial charge on any atom is -0.496 e. The summed E-state index contributed by atoms with van der Waals surface area (Å²) in [4.78, 5) is 20.9. The normalized spacial score (nSPS) is 15.3. The molecule has 0 radical (unpaired) electrons. The quantitative estimate of drug-likeness (QED) is 0.491. The van der Waals surface area contributed by atoms with Gasteiger partial charge in [-0.2, -0.15) is 0 Å².